The van der Waals surface area contributed by atoms with E-state index in [2.05, 4.69) is 28.1 Å². The van der Waals surface area contributed by atoms with Gasteiger partial charge in [-0.05, 0) is 6.92 Å². The molecule has 0 aliphatic carbocycles. The summed E-state index contributed by atoms with van der Waals surface area (Å²) in [6.07, 6.45) is 2.96. The summed E-state index contributed by atoms with van der Waals surface area (Å²) in [5, 5.41) is 1.03. The molecule has 3 rings (SSSR count). The average Bonchev–Trinajstić information content (AvgIpc) is 2.98. The predicted molar refractivity (Wildman–Crippen MR) is 70.0 cm³/mol. The van der Waals surface area contributed by atoms with Crippen molar-refractivity contribution >= 4 is 16.7 Å². The molecule has 1 aromatic rings. The van der Waals surface area contributed by atoms with Gasteiger partial charge in [-0.1, -0.05) is 6.92 Å². The Hall–Kier alpha value is -0.720. The SMILES string of the molecule is CCc1nsc(N2CCC3(CC2)OC[C@@H](C)O3)n1. The average molecular weight is 269 g/mol. The van der Waals surface area contributed by atoms with E-state index in [9.17, 15) is 0 Å². The summed E-state index contributed by atoms with van der Waals surface area (Å²) >= 11 is 1.50. The molecule has 5 nitrogen and oxygen atoms in total. The summed E-state index contributed by atoms with van der Waals surface area (Å²) < 4.78 is 16.1. The van der Waals surface area contributed by atoms with Gasteiger partial charge < -0.3 is 14.4 Å². The third-order valence-corrected chi connectivity index (χ3v) is 4.38. The molecule has 0 N–H and O–H groups in total. The lowest BCUT2D eigenvalue weighted by atomic mass is 10.0. The first kappa shape index (κ1) is 12.3. The molecule has 2 aliphatic heterocycles. The first-order valence-electron chi connectivity index (χ1n) is 6.60. The summed E-state index contributed by atoms with van der Waals surface area (Å²) in [4.78, 5) is 6.82. The molecular weight excluding hydrogens is 250 g/mol. The van der Waals surface area contributed by atoms with E-state index in [0.717, 1.165) is 49.9 Å². The van der Waals surface area contributed by atoms with Gasteiger partial charge in [-0.3, -0.25) is 0 Å². The number of ether oxygens (including phenoxy) is 2. The van der Waals surface area contributed by atoms with Gasteiger partial charge in [-0.2, -0.15) is 4.37 Å². The van der Waals surface area contributed by atoms with Crippen LogP contribution in [0.15, 0.2) is 0 Å². The predicted octanol–water partition coefficient (Wildman–Crippen LogP) is 1.83. The molecule has 0 aromatic carbocycles. The summed E-state index contributed by atoms with van der Waals surface area (Å²) in [6, 6.07) is 0. The van der Waals surface area contributed by atoms with Crippen LogP contribution in [0.25, 0.3) is 0 Å². The van der Waals surface area contributed by atoms with Gasteiger partial charge in [0.05, 0.1) is 12.7 Å². The van der Waals surface area contributed by atoms with Crippen LogP contribution >= 0.6 is 11.5 Å². The van der Waals surface area contributed by atoms with Crippen molar-refractivity contribution in [1.82, 2.24) is 9.36 Å². The topological polar surface area (TPSA) is 47.5 Å². The highest BCUT2D eigenvalue weighted by atomic mass is 32.1. The van der Waals surface area contributed by atoms with Gasteiger partial charge >= 0.3 is 0 Å². The van der Waals surface area contributed by atoms with E-state index in [-0.39, 0.29) is 11.9 Å². The molecule has 0 unspecified atom stereocenters. The van der Waals surface area contributed by atoms with Gasteiger partial charge in [0, 0.05) is 43.9 Å². The van der Waals surface area contributed by atoms with E-state index >= 15 is 0 Å². The number of aromatic nitrogens is 2. The lowest BCUT2D eigenvalue weighted by Gasteiger charge is -2.37. The van der Waals surface area contributed by atoms with E-state index in [0.29, 0.717) is 0 Å². The second-order valence-corrected chi connectivity index (χ2v) is 5.71. The Kier molecular flexibility index (Phi) is 3.25. The van der Waals surface area contributed by atoms with Crippen molar-refractivity contribution in [2.45, 2.75) is 45.0 Å². The van der Waals surface area contributed by atoms with Crippen molar-refractivity contribution in [2.24, 2.45) is 0 Å². The lowest BCUT2D eigenvalue weighted by Crippen LogP contribution is -2.45. The Morgan fingerprint density at radius 3 is 2.78 bits per heavy atom. The Balaban J connectivity index is 1.63. The third kappa shape index (κ3) is 2.24. The quantitative estimate of drug-likeness (QED) is 0.820. The van der Waals surface area contributed by atoms with Gasteiger partial charge in [0.25, 0.3) is 0 Å². The minimum absolute atomic E-state index is 0.227. The molecule has 3 heterocycles. The van der Waals surface area contributed by atoms with Crippen LogP contribution in [-0.2, 0) is 15.9 Å². The Morgan fingerprint density at radius 1 is 1.44 bits per heavy atom. The van der Waals surface area contributed by atoms with Crippen LogP contribution in [-0.4, -0.2) is 40.9 Å². The van der Waals surface area contributed by atoms with E-state index in [4.69, 9.17) is 9.47 Å². The van der Waals surface area contributed by atoms with Crippen molar-refractivity contribution in [3.63, 3.8) is 0 Å². The van der Waals surface area contributed by atoms with Crippen molar-refractivity contribution in [1.29, 1.82) is 0 Å². The van der Waals surface area contributed by atoms with Gasteiger partial charge in [-0.15, -0.1) is 0 Å². The number of hydrogen-bond donors (Lipinski definition) is 0. The second-order valence-electron chi connectivity index (χ2n) is 4.98. The zero-order valence-corrected chi connectivity index (χ0v) is 11.7. The normalized spacial score (nSPS) is 27.0. The molecule has 1 spiro atoms. The monoisotopic (exact) mass is 269 g/mol. The molecule has 2 fully saturated rings. The molecule has 18 heavy (non-hydrogen) atoms. The molecule has 1 aromatic heterocycles. The van der Waals surface area contributed by atoms with Gasteiger partial charge in [0.15, 0.2) is 5.79 Å². The zero-order valence-electron chi connectivity index (χ0n) is 10.9. The maximum atomic E-state index is 5.92. The van der Waals surface area contributed by atoms with Gasteiger partial charge in [0.1, 0.15) is 5.82 Å². The number of nitrogens with zero attached hydrogens (tertiary/aromatic N) is 3. The van der Waals surface area contributed by atoms with Crippen LogP contribution in [0.5, 0.6) is 0 Å². The standard InChI is InChI=1S/C12H19N3O2S/c1-3-10-13-11(18-14-10)15-6-4-12(5-7-15)16-8-9(2)17-12/h9H,3-8H2,1-2H3/t9-/m1/s1. The molecule has 6 heteroatoms. The molecule has 2 saturated heterocycles. The first-order valence-corrected chi connectivity index (χ1v) is 7.37. The number of anilines is 1. The highest BCUT2D eigenvalue weighted by Gasteiger charge is 2.42. The molecular formula is C12H19N3O2S. The smallest absolute Gasteiger partial charge is 0.205 e. The van der Waals surface area contributed by atoms with Crippen molar-refractivity contribution < 1.29 is 9.47 Å². The van der Waals surface area contributed by atoms with Crippen molar-refractivity contribution in [3.8, 4) is 0 Å². The van der Waals surface area contributed by atoms with Crippen LogP contribution < -0.4 is 4.90 Å². The Morgan fingerprint density at radius 2 is 2.22 bits per heavy atom. The minimum Gasteiger partial charge on any atom is -0.347 e. The minimum atomic E-state index is -0.325. The second kappa shape index (κ2) is 4.75. The Labute approximate surface area is 111 Å². The molecule has 100 valence electrons. The molecule has 0 radical (unpaired) electrons. The number of aryl methyl sites for hydroxylation is 1. The summed E-state index contributed by atoms with van der Waals surface area (Å²) in [5.41, 5.74) is 0. The fourth-order valence-corrected chi connectivity index (χ4v) is 3.32. The van der Waals surface area contributed by atoms with Crippen molar-refractivity contribution in [3.05, 3.63) is 5.82 Å². The highest BCUT2D eigenvalue weighted by Crippen LogP contribution is 2.35. The third-order valence-electron chi connectivity index (χ3n) is 3.57. The van der Waals surface area contributed by atoms with E-state index in [1.807, 2.05) is 0 Å². The molecule has 1 atom stereocenters. The maximum absolute atomic E-state index is 5.92. The van der Waals surface area contributed by atoms with E-state index in [1.54, 1.807) is 0 Å². The number of piperidine rings is 1. The summed E-state index contributed by atoms with van der Waals surface area (Å²) in [7, 11) is 0. The van der Waals surface area contributed by atoms with Crippen LogP contribution in [0, 0.1) is 0 Å². The zero-order chi connectivity index (χ0) is 12.6. The Bertz CT molecular complexity index is 415. The molecule has 0 amide bonds. The van der Waals surface area contributed by atoms with Crippen LogP contribution in [0.4, 0.5) is 5.13 Å². The number of hydrogen-bond acceptors (Lipinski definition) is 6. The number of rotatable bonds is 2. The van der Waals surface area contributed by atoms with E-state index < -0.39 is 0 Å². The van der Waals surface area contributed by atoms with Crippen LogP contribution in [0.3, 0.4) is 0 Å². The van der Waals surface area contributed by atoms with Crippen LogP contribution in [0.1, 0.15) is 32.5 Å². The van der Waals surface area contributed by atoms with Crippen molar-refractivity contribution in [2.75, 3.05) is 24.6 Å². The summed E-state index contributed by atoms with van der Waals surface area (Å²) in [5.74, 6) is 0.617. The largest absolute Gasteiger partial charge is 0.347 e. The van der Waals surface area contributed by atoms with Crippen LogP contribution in [0.2, 0.25) is 0 Å². The first-order chi connectivity index (χ1) is 8.71. The maximum Gasteiger partial charge on any atom is 0.205 e. The fraction of sp³-hybridized carbons (Fsp3) is 0.833. The summed E-state index contributed by atoms with van der Waals surface area (Å²) in [6.45, 7) is 6.74. The lowest BCUT2D eigenvalue weighted by molar-refractivity contribution is -0.178. The van der Waals surface area contributed by atoms with Gasteiger partial charge in [-0.25, -0.2) is 4.98 Å². The molecule has 0 saturated carbocycles. The molecule has 2 aliphatic rings. The van der Waals surface area contributed by atoms with E-state index in [1.165, 1.54) is 11.5 Å². The molecule has 0 bridgehead atoms. The van der Waals surface area contributed by atoms with Gasteiger partial charge in [0.2, 0.25) is 5.13 Å². The highest BCUT2D eigenvalue weighted by molar-refractivity contribution is 7.09. The fourth-order valence-electron chi connectivity index (χ4n) is 2.52.